The number of benzene rings is 1. The minimum absolute atomic E-state index is 0.130. The van der Waals surface area contributed by atoms with Crippen LogP contribution in [0, 0.1) is 10.1 Å². The number of ether oxygens (including phenoxy) is 1. The zero-order chi connectivity index (χ0) is 13.3. The molecule has 1 amide bonds. The summed E-state index contributed by atoms with van der Waals surface area (Å²) in [6.45, 7) is 0.365. The average Bonchev–Trinajstić information content (AvgIpc) is 2.67. The molecule has 1 aromatic rings. The molecule has 0 bridgehead atoms. The maximum atomic E-state index is 11.7. The van der Waals surface area contributed by atoms with Gasteiger partial charge in [0.2, 0.25) is 5.91 Å². The topological polar surface area (TPSA) is 72.7 Å². The van der Waals surface area contributed by atoms with E-state index in [9.17, 15) is 14.9 Å². The second-order valence-corrected chi connectivity index (χ2v) is 4.54. The van der Waals surface area contributed by atoms with E-state index < -0.39 is 4.92 Å². The highest BCUT2D eigenvalue weighted by molar-refractivity contribution is 6.24. The fourth-order valence-corrected chi connectivity index (χ4v) is 2.17. The van der Waals surface area contributed by atoms with Gasteiger partial charge >= 0.3 is 5.69 Å². The number of nitrogens with zero attached hydrogens (tertiary/aromatic N) is 2. The van der Waals surface area contributed by atoms with Gasteiger partial charge in [-0.1, -0.05) is 0 Å². The molecule has 18 heavy (non-hydrogen) atoms. The van der Waals surface area contributed by atoms with E-state index in [0.29, 0.717) is 12.2 Å². The normalized spacial score (nSPS) is 19.1. The number of rotatable bonds is 3. The van der Waals surface area contributed by atoms with Crippen LogP contribution < -0.4 is 9.64 Å². The minimum atomic E-state index is -0.541. The van der Waals surface area contributed by atoms with Crippen molar-refractivity contribution in [1.29, 1.82) is 0 Å². The van der Waals surface area contributed by atoms with Crippen molar-refractivity contribution in [3.63, 3.8) is 0 Å². The Balaban J connectivity index is 2.38. The van der Waals surface area contributed by atoms with E-state index in [-0.39, 0.29) is 29.1 Å². The standard InChI is InChI=1S/C11H11ClN2O4/c1-18-10-3-2-8(5-9(10)14(16)17)13-6-7(12)4-11(13)15/h2-3,5,7H,4,6H2,1H3. The molecule has 1 heterocycles. The summed E-state index contributed by atoms with van der Waals surface area (Å²) >= 11 is 5.89. The van der Waals surface area contributed by atoms with Crippen LogP contribution in [0.1, 0.15) is 6.42 Å². The predicted octanol–water partition coefficient (Wildman–Crippen LogP) is 1.95. The third kappa shape index (κ3) is 2.24. The first-order valence-corrected chi connectivity index (χ1v) is 5.73. The fourth-order valence-electron chi connectivity index (χ4n) is 1.90. The van der Waals surface area contributed by atoms with Crippen molar-refractivity contribution in [3.8, 4) is 5.75 Å². The third-order valence-electron chi connectivity index (χ3n) is 2.75. The van der Waals surface area contributed by atoms with Crippen molar-refractivity contribution >= 4 is 28.9 Å². The molecule has 1 saturated heterocycles. The van der Waals surface area contributed by atoms with Crippen LogP contribution in [0.2, 0.25) is 0 Å². The van der Waals surface area contributed by atoms with Gasteiger partial charge in [-0.15, -0.1) is 11.6 Å². The highest BCUT2D eigenvalue weighted by Crippen LogP contribution is 2.33. The third-order valence-corrected chi connectivity index (χ3v) is 3.04. The Morgan fingerprint density at radius 2 is 2.28 bits per heavy atom. The van der Waals surface area contributed by atoms with E-state index in [1.807, 2.05) is 0 Å². The molecule has 96 valence electrons. The van der Waals surface area contributed by atoms with Gasteiger partial charge in [0.25, 0.3) is 0 Å². The lowest BCUT2D eigenvalue weighted by Crippen LogP contribution is -2.24. The Bertz CT molecular complexity index is 506. The second kappa shape index (κ2) is 4.81. The number of hydrogen-bond acceptors (Lipinski definition) is 4. The van der Waals surface area contributed by atoms with Gasteiger partial charge in [0, 0.05) is 19.0 Å². The highest BCUT2D eigenvalue weighted by atomic mass is 35.5. The molecule has 0 saturated carbocycles. The summed E-state index contributed by atoms with van der Waals surface area (Å²) in [5.74, 6) is 0.0345. The van der Waals surface area contributed by atoms with Crippen molar-refractivity contribution in [2.75, 3.05) is 18.6 Å². The molecule has 2 rings (SSSR count). The van der Waals surface area contributed by atoms with Crippen LogP contribution in [-0.2, 0) is 4.79 Å². The molecular weight excluding hydrogens is 260 g/mol. The molecule has 0 N–H and O–H groups in total. The van der Waals surface area contributed by atoms with E-state index in [1.165, 1.54) is 24.1 Å². The first kappa shape index (κ1) is 12.6. The summed E-state index contributed by atoms with van der Waals surface area (Å²) in [6, 6.07) is 4.41. The summed E-state index contributed by atoms with van der Waals surface area (Å²) in [4.78, 5) is 23.5. The SMILES string of the molecule is COc1ccc(N2CC(Cl)CC2=O)cc1[N+](=O)[O-]. The van der Waals surface area contributed by atoms with Crippen molar-refractivity contribution in [3.05, 3.63) is 28.3 Å². The first-order chi connectivity index (χ1) is 8.52. The molecule has 0 aliphatic carbocycles. The van der Waals surface area contributed by atoms with Crippen LogP contribution in [0.5, 0.6) is 5.75 Å². The van der Waals surface area contributed by atoms with Crippen molar-refractivity contribution in [1.82, 2.24) is 0 Å². The summed E-state index contributed by atoms with van der Waals surface area (Å²) < 4.78 is 4.90. The summed E-state index contributed by atoms with van der Waals surface area (Å²) in [6.07, 6.45) is 0.251. The number of carbonyl (C=O) groups is 1. The smallest absolute Gasteiger partial charge is 0.312 e. The van der Waals surface area contributed by atoms with Crippen molar-refractivity contribution in [2.24, 2.45) is 0 Å². The maximum absolute atomic E-state index is 11.7. The molecule has 7 heteroatoms. The van der Waals surface area contributed by atoms with E-state index >= 15 is 0 Å². The number of carbonyl (C=O) groups excluding carboxylic acids is 1. The summed E-state index contributed by atoms with van der Waals surface area (Å²) in [5.41, 5.74) is 0.302. The van der Waals surface area contributed by atoms with Gasteiger partial charge in [-0.25, -0.2) is 0 Å². The Kier molecular flexibility index (Phi) is 3.38. The number of halogens is 1. The molecule has 1 aliphatic heterocycles. The van der Waals surface area contributed by atoms with Gasteiger partial charge in [-0.3, -0.25) is 14.9 Å². The lowest BCUT2D eigenvalue weighted by Gasteiger charge is -2.16. The molecule has 0 aromatic heterocycles. The molecule has 0 spiro atoms. The maximum Gasteiger partial charge on any atom is 0.312 e. The van der Waals surface area contributed by atoms with Crippen LogP contribution in [-0.4, -0.2) is 29.9 Å². The lowest BCUT2D eigenvalue weighted by atomic mass is 10.2. The molecule has 1 fully saturated rings. The van der Waals surface area contributed by atoms with Crippen LogP contribution in [0.25, 0.3) is 0 Å². The fraction of sp³-hybridized carbons (Fsp3) is 0.364. The largest absolute Gasteiger partial charge is 0.490 e. The quantitative estimate of drug-likeness (QED) is 0.478. The Morgan fingerprint density at radius 3 is 2.78 bits per heavy atom. The first-order valence-electron chi connectivity index (χ1n) is 5.29. The Labute approximate surface area is 108 Å². The van der Waals surface area contributed by atoms with Crippen molar-refractivity contribution < 1.29 is 14.5 Å². The summed E-state index contributed by atoms with van der Waals surface area (Å²) in [7, 11) is 1.36. The van der Waals surface area contributed by atoms with Crippen molar-refractivity contribution in [2.45, 2.75) is 11.8 Å². The Hall–Kier alpha value is -1.82. The number of alkyl halides is 1. The molecule has 1 atom stereocenters. The monoisotopic (exact) mass is 270 g/mol. The second-order valence-electron chi connectivity index (χ2n) is 3.92. The van der Waals surface area contributed by atoms with E-state index in [1.54, 1.807) is 6.07 Å². The predicted molar refractivity (Wildman–Crippen MR) is 66.3 cm³/mol. The number of nitro groups is 1. The zero-order valence-corrected chi connectivity index (χ0v) is 10.4. The highest BCUT2D eigenvalue weighted by Gasteiger charge is 2.30. The van der Waals surface area contributed by atoms with E-state index in [2.05, 4.69) is 0 Å². The molecule has 0 radical (unpaired) electrons. The number of anilines is 1. The minimum Gasteiger partial charge on any atom is -0.490 e. The molecule has 6 nitrogen and oxygen atoms in total. The molecule has 1 unspecified atom stereocenters. The average molecular weight is 271 g/mol. The van der Waals surface area contributed by atoms with Crippen LogP contribution in [0.15, 0.2) is 18.2 Å². The van der Waals surface area contributed by atoms with Crippen LogP contribution >= 0.6 is 11.6 Å². The van der Waals surface area contributed by atoms with Crippen LogP contribution in [0.3, 0.4) is 0 Å². The van der Waals surface area contributed by atoms with Gasteiger partial charge in [-0.05, 0) is 12.1 Å². The molecule has 1 aromatic carbocycles. The van der Waals surface area contributed by atoms with Gasteiger partial charge in [-0.2, -0.15) is 0 Å². The van der Waals surface area contributed by atoms with Crippen LogP contribution in [0.4, 0.5) is 11.4 Å². The summed E-state index contributed by atoms with van der Waals surface area (Å²) in [5, 5.41) is 10.6. The number of nitro benzene ring substituents is 1. The number of amides is 1. The van der Waals surface area contributed by atoms with E-state index in [0.717, 1.165) is 0 Å². The number of hydrogen-bond donors (Lipinski definition) is 0. The Morgan fingerprint density at radius 1 is 1.56 bits per heavy atom. The molecular formula is C11H11ClN2O4. The van der Waals surface area contributed by atoms with E-state index in [4.69, 9.17) is 16.3 Å². The zero-order valence-electron chi connectivity index (χ0n) is 9.63. The van der Waals surface area contributed by atoms with Gasteiger partial charge in [0.1, 0.15) is 0 Å². The van der Waals surface area contributed by atoms with Gasteiger partial charge < -0.3 is 9.64 Å². The van der Waals surface area contributed by atoms with Gasteiger partial charge in [0.15, 0.2) is 5.75 Å². The lowest BCUT2D eigenvalue weighted by molar-refractivity contribution is -0.385. The molecule has 1 aliphatic rings. The van der Waals surface area contributed by atoms with Gasteiger partial charge in [0.05, 0.1) is 23.1 Å². The number of methoxy groups -OCH3 is 1.